The Balaban J connectivity index is 1.97. The highest BCUT2D eigenvalue weighted by Gasteiger charge is 2.31. The van der Waals surface area contributed by atoms with Gasteiger partial charge in [-0.2, -0.15) is 0 Å². The Bertz CT molecular complexity index is 1410. The zero-order chi connectivity index (χ0) is 20.6. The molecule has 4 heterocycles. The van der Waals surface area contributed by atoms with E-state index in [1.54, 1.807) is 16.8 Å². The standard InChI is InChI=1S/C20H19FN4O3S/c1-9-7-24(5-4-23(9)3)17-11(21)6-10-16-13(17)15(22-2)12-8-29-19(25(12)16)14(18(10)26)20(27)28/h6,8-9H,4-5,7H2,1-3H3,(H,27,28). The molecule has 1 saturated heterocycles. The van der Waals surface area contributed by atoms with Gasteiger partial charge in [0.2, 0.25) is 5.43 Å². The molecule has 0 spiro atoms. The van der Waals surface area contributed by atoms with Crippen LogP contribution < -0.4 is 15.7 Å². The lowest BCUT2D eigenvalue weighted by atomic mass is 10.1. The molecule has 4 aromatic rings. The zero-order valence-corrected chi connectivity index (χ0v) is 17.0. The Morgan fingerprint density at radius 3 is 2.79 bits per heavy atom. The molecule has 1 fully saturated rings. The zero-order valence-electron chi connectivity index (χ0n) is 16.2. The summed E-state index contributed by atoms with van der Waals surface area (Å²) in [6, 6.07) is 1.44. The molecule has 0 amide bonds. The number of benzene rings is 1. The molecule has 1 aliphatic heterocycles. The molecule has 1 aromatic carbocycles. The van der Waals surface area contributed by atoms with Crippen LogP contribution in [0.25, 0.3) is 26.6 Å². The molecule has 7 nitrogen and oxygen atoms in total. The van der Waals surface area contributed by atoms with Gasteiger partial charge in [0.05, 0.1) is 32.9 Å². The van der Waals surface area contributed by atoms with Crippen LogP contribution in [-0.4, -0.2) is 60.1 Å². The molecule has 1 unspecified atom stereocenters. The predicted octanol–water partition coefficient (Wildman–Crippen LogP) is 2.05. The van der Waals surface area contributed by atoms with Gasteiger partial charge in [-0.05, 0) is 20.0 Å². The largest absolute Gasteiger partial charge is 0.477 e. The molecule has 29 heavy (non-hydrogen) atoms. The second-order valence-electron chi connectivity index (χ2n) is 7.60. The summed E-state index contributed by atoms with van der Waals surface area (Å²) < 4.78 is 17.2. The Hall–Kier alpha value is -2.78. The van der Waals surface area contributed by atoms with Gasteiger partial charge in [-0.1, -0.05) is 0 Å². The van der Waals surface area contributed by atoms with Crippen molar-refractivity contribution in [2.45, 2.75) is 13.0 Å². The van der Waals surface area contributed by atoms with Crippen LogP contribution in [0, 0.1) is 5.82 Å². The average Bonchev–Trinajstić information content (AvgIpc) is 3.22. The molecule has 0 radical (unpaired) electrons. The van der Waals surface area contributed by atoms with Crippen molar-refractivity contribution in [3.8, 4) is 0 Å². The Kier molecular flexibility index (Phi) is 3.85. The fourth-order valence-corrected chi connectivity index (χ4v) is 5.51. The van der Waals surface area contributed by atoms with E-state index in [1.165, 1.54) is 17.4 Å². The maximum Gasteiger partial charge on any atom is 0.342 e. The molecule has 1 N–H and O–H groups in total. The normalized spacial score (nSPS) is 19.4. The third-order valence-electron chi connectivity index (χ3n) is 6.05. The fraction of sp³-hybridized carbons (Fsp3) is 0.350. The van der Waals surface area contributed by atoms with E-state index < -0.39 is 17.2 Å². The number of anilines is 1. The van der Waals surface area contributed by atoms with Crippen molar-refractivity contribution in [1.29, 1.82) is 0 Å². The molecule has 0 aliphatic carbocycles. The van der Waals surface area contributed by atoms with Crippen molar-refractivity contribution < 1.29 is 14.3 Å². The van der Waals surface area contributed by atoms with Gasteiger partial charge in [-0.15, -0.1) is 11.3 Å². The number of rotatable bonds is 2. The minimum absolute atomic E-state index is 0.0802. The summed E-state index contributed by atoms with van der Waals surface area (Å²) in [6.45, 7) is 4.20. The van der Waals surface area contributed by atoms with Gasteiger partial charge in [-0.3, -0.25) is 14.2 Å². The number of carboxylic acid groups (broad SMARTS) is 1. The maximum absolute atomic E-state index is 15.4. The monoisotopic (exact) mass is 414 g/mol. The van der Waals surface area contributed by atoms with Crippen LogP contribution in [0.1, 0.15) is 17.3 Å². The van der Waals surface area contributed by atoms with Crippen LogP contribution in [0.15, 0.2) is 21.2 Å². The summed E-state index contributed by atoms with van der Waals surface area (Å²) in [5, 5.41) is 12.7. The maximum atomic E-state index is 15.4. The van der Waals surface area contributed by atoms with Gasteiger partial charge in [0.1, 0.15) is 16.2 Å². The lowest BCUT2D eigenvalue weighted by molar-refractivity contribution is 0.0697. The van der Waals surface area contributed by atoms with E-state index in [2.05, 4.69) is 16.8 Å². The van der Waals surface area contributed by atoms with E-state index in [0.29, 0.717) is 45.4 Å². The fourth-order valence-electron chi connectivity index (χ4n) is 4.48. The third-order valence-corrected chi connectivity index (χ3v) is 7.01. The number of hydrogen-bond acceptors (Lipinski definition) is 6. The summed E-state index contributed by atoms with van der Waals surface area (Å²) in [5.74, 6) is -1.83. The number of likely N-dealkylation sites (N-methyl/N-ethyl adjacent to an activating group) is 1. The second-order valence-corrected chi connectivity index (χ2v) is 8.45. The quantitative estimate of drug-likeness (QED) is 0.543. The van der Waals surface area contributed by atoms with Crippen LogP contribution >= 0.6 is 11.3 Å². The molecule has 3 aromatic heterocycles. The Morgan fingerprint density at radius 1 is 1.38 bits per heavy atom. The van der Waals surface area contributed by atoms with Crippen molar-refractivity contribution in [2.75, 3.05) is 38.6 Å². The van der Waals surface area contributed by atoms with Gasteiger partial charge >= 0.3 is 5.97 Å². The predicted molar refractivity (Wildman–Crippen MR) is 112 cm³/mol. The van der Waals surface area contributed by atoms with E-state index >= 15 is 4.39 Å². The molecule has 0 bridgehead atoms. The smallest absolute Gasteiger partial charge is 0.342 e. The van der Waals surface area contributed by atoms with Gasteiger partial charge in [0.15, 0.2) is 0 Å². The first-order valence-corrected chi connectivity index (χ1v) is 10.2. The van der Waals surface area contributed by atoms with E-state index in [0.717, 1.165) is 6.54 Å². The summed E-state index contributed by atoms with van der Waals surface area (Å²) in [5.41, 5.74) is 0.712. The Morgan fingerprint density at radius 2 is 2.14 bits per heavy atom. The van der Waals surface area contributed by atoms with Gasteiger partial charge in [-0.25, -0.2) is 9.18 Å². The minimum Gasteiger partial charge on any atom is -0.477 e. The van der Waals surface area contributed by atoms with Crippen LogP contribution in [0.2, 0.25) is 0 Å². The third kappa shape index (κ3) is 2.28. The molecule has 5 rings (SSSR count). The number of halogens is 1. The van der Waals surface area contributed by atoms with Crippen LogP contribution in [0.5, 0.6) is 0 Å². The van der Waals surface area contributed by atoms with E-state index in [4.69, 9.17) is 0 Å². The molecule has 9 heteroatoms. The number of pyridine rings is 1. The number of piperazine rings is 1. The van der Waals surface area contributed by atoms with Crippen molar-refractivity contribution in [3.05, 3.63) is 38.4 Å². The lowest BCUT2D eigenvalue weighted by Crippen LogP contribution is -2.50. The van der Waals surface area contributed by atoms with Crippen LogP contribution in [0.4, 0.5) is 10.1 Å². The SMILES string of the molecule is CN=c1c2c(N3CCN(C)C(C)C3)c(F)cc3c(=O)c(C(=O)O)c4scc1n4c32. The summed E-state index contributed by atoms with van der Waals surface area (Å²) in [4.78, 5) is 33.8. The van der Waals surface area contributed by atoms with E-state index in [9.17, 15) is 14.7 Å². The number of nitrogens with zero attached hydrogens (tertiary/aromatic N) is 4. The molecule has 1 atom stereocenters. The number of aromatic carboxylic acids is 1. The minimum atomic E-state index is -1.31. The molecule has 1 aliphatic rings. The summed E-state index contributed by atoms with van der Waals surface area (Å²) >= 11 is 1.20. The lowest BCUT2D eigenvalue weighted by Gasteiger charge is -2.39. The molecule has 150 valence electrons. The van der Waals surface area contributed by atoms with Gasteiger partial charge in [0, 0.05) is 38.1 Å². The van der Waals surface area contributed by atoms with Crippen LogP contribution in [-0.2, 0) is 0 Å². The van der Waals surface area contributed by atoms with Gasteiger partial charge < -0.3 is 14.9 Å². The van der Waals surface area contributed by atoms with Crippen molar-refractivity contribution >= 4 is 49.6 Å². The molecular formula is C20H19FN4O3S. The first-order valence-electron chi connectivity index (χ1n) is 9.33. The number of aromatic nitrogens is 1. The first-order chi connectivity index (χ1) is 13.8. The Labute approximate surface area is 168 Å². The summed E-state index contributed by atoms with van der Waals surface area (Å²) in [7, 11) is 3.68. The number of carboxylic acids is 1. The van der Waals surface area contributed by atoms with E-state index in [-0.39, 0.29) is 17.0 Å². The highest BCUT2D eigenvalue weighted by atomic mass is 32.1. The second kappa shape index (κ2) is 6.11. The first kappa shape index (κ1) is 18.3. The van der Waals surface area contributed by atoms with Crippen molar-refractivity contribution in [3.63, 3.8) is 0 Å². The summed E-state index contributed by atoms with van der Waals surface area (Å²) in [6.07, 6.45) is 0. The topological polar surface area (TPSA) is 77.6 Å². The number of carbonyl (C=O) groups is 1. The highest BCUT2D eigenvalue weighted by Crippen LogP contribution is 2.36. The molecular weight excluding hydrogens is 395 g/mol. The average molecular weight is 414 g/mol. The van der Waals surface area contributed by atoms with Gasteiger partial charge in [0.25, 0.3) is 0 Å². The van der Waals surface area contributed by atoms with E-state index in [1.807, 2.05) is 11.9 Å². The molecule has 0 saturated carbocycles. The number of thiazole rings is 1. The highest BCUT2D eigenvalue weighted by molar-refractivity contribution is 7.16. The van der Waals surface area contributed by atoms with Crippen molar-refractivity contribution in [2.24, 2.45) is 4.99 Å². The van der Waals surface area contributed by atoms with Crippen molar-refractivity contribution in [1.82, 2.24) is 9.30 Å². The van der Waals surface area contributed by atoms with Crippen LogP contribution in [0.3, 0.4) is 0 Å². The number of hydrogen-bond donors (Lipinski definition) is 1.